The molecule has 14 heavy (non-hydrogen) atoms. The van der Waals surface area contributed by atoms with E-state index in [1.165, 1.54) is 11.3 Å². The van der Waals surface area contributed by atoms with Gasteiger partial charge in [-0.1, -0.05) is 23.2 Å². The molecule has 1 aromatic heterocycles. The Bertz CT molecular complexity index is 340. The maximum atomic E-state index is 11.5. The van der Waals surface area contributed by atoms with Crippen molar-refractivity contribution < 1.29 is 4.79 Å². The highest BCUT2D eigenvalue weighted by atomic mass is 35.5. The quantitative estimate of drug-likeness (QED) is 0.867. The normalized spacial score (nSPS) is 12.6. The first-order valence-corrected chi connectivity index (χ1v) is 5.57. The molecule has 1 amide bonds. The molecule has 0 aliphatic heterocycles. The predicted molar refractivity (Wildman–Crippen MR) is 60.3 cm³/mol. The molecule has 3 N–H and O–H groups in total. The fraction of sp³-hybridized carbons (Fsp3) is 0.375. The summed E-state index contributed by atoms with van der Waals surface area (Å²) in [5.41, 5.74) is 5.78. The molecule has 0 saturated carbocycles. The highest BCUT2D eigenvalue weighted by Gasteiger charge is 2.15. The van der Waals surface area contributed by atoms with Crippen LogP contribution >= 0.6 is 34.5 Å². The molecule has 0 bridgehead atoms. The monoisotopic (exact) mass is 252 g/mol. The Morgan fingerprint density at radius 1 is 1.71 bits per heavy atom. The van der Waals surface area contributed by atoms with Crippen molar-refractivity contribution in [2.45, 2.75) is 13.0 Å². The number of hydrogen-bond donors (Lipinski definition) is 2. The molecule has 0 radical (unpaired) electrons. The Labute approximate surface area is 96.2 Å². The van der Waals surface area contributed by atoms with Crippen LogP contribution in [0, 0.1) is 0 Å². The van der Waals surface area contributed by atoms with Crippen LogP contribution in [-0.2, 0) is 0 Å². The van der Waals surface area contributed by atoms with Gasteiger partial charge in [-0.2, -0.15) is 0 Å². The molecule has 6 heteroatoms. The highest BCUT2D eigenvalue weighted by molar-refractivity contribution is 7.20. The van der Waals surface area contributed by atoms with E-state index < -0.39 is 0 Å². The maximum absolute atomic E-state index is 11.5. The van der Waals surface area contributed by atoms with Crippen LogP contribution in [0.4, 0.5) is 0 Å². The lowest BCUT2D eigenvalue weighted by atomic mass is 10.3. The molecule has 1 unspecified atom stereocenters. The van der Waals surface area contributed by atoms with Crippen molar-refractivity contribution >= 4 is 40.4 Å². The second-order valence-electron chi connectivity index (χ2n) is 2.85. The summed E-state index contributed by atoms with van der Waals surface area (Å²) in [7, 11) is 0. The van der Waals surface area contributed by atoms with Gasteiger partial charge in [-0.3, -0.25) is 4.79 Å². The summed E-state index contributed by atoms with van der Waals surface area (Å²) in [6.07, 6.45) is 0. The van der Waals surface area contributed by atoms with Crippen LogP contribution in [0.3, 0.4) is 0 Å². The number of thiophene rings is 1. The lowest BCUT2D eigenvalue weighted by molar-refractivity contribution is 0.0942. The Morgan fingerprint density at radius 3 is 2.79 bits per heavy atom. The van der Waals surface area contributed by atoms with E-state index in [0.29, 0.717) is 20.8 Å². The minimum atomic E-state index is -0.240. The van der Waals surface area contributed by atoms with Crippen molar-refractivity contribution in [3.8, 4) is 0 Å². The van der Waals surface area contributed by atoms with Crippen molar-refractivity contribution in [3.05, 3.63) is 20.3 Å². The third kappa shape index (κ3) is 2.85. The smallest absolute Gasteiger partial charge is 0.253 e. The van der Waals surface area contributed by atoms with Crippen LogP contribution in [0.2, 0.25) is 8.67 Å². The van der Waals surface area contributed by atoms with Gasteiger partial charge in [-0.15, -0.1) is 11.3 Å². The molecule has 0 saturated heterocycles. The van der Waals surface area contributed by atoms with Crippen LogP contribution in [0.5, 0.6) is 0 Å². The van der Waals surface area contributed by atoms with E-state index in [-0.39, 0.29) is 11.9 Å². The molecule has 0 spiro atoms. The Kier molecular flexibility index (Phi) is 4.19. The summed E-state index contributed by atoms with van der Waals surface area (Å²) < 4.78 is 0.900. The molecular formula is C8H10Cl2N2OS. The van der Waals surface area contributed by atoms with Crippen molar-refractivity contribution in [3.63, 3.8) is 0 Å². The number of nitrogens with one attached hydrogen (secondary N) is 1. The molecule has 1 heterocycles. The number of hydrogen-bond acceptors (Lipinski definition) is 3. The molecule has 0 aliphatic rings. The van der Waals surface area contributed by atoms with Gasteiger partial charge in [0.05, 0.1) is 9.90 Å². The van der Waals surface area contributed by atoms with Gasteiger partial charge in [0.1, 0.15) is 4.34 Å². The van der Waals surface area contributed by atoms with Crippen LogP contribution in [-0.4, -0.2) is 18.5 Å². The molecule has 3 nitrogen and oxygen atoms in total. The largest absolute Gasteiger partial charge is 0.348 e. The summed E-state index contributed by atoms with van der Waals surface area (Å²) in [5, 5.41) is 2.70. The van der Waals surface area contributed by atoms with E-state index in [2.05, 4.69) is 5.32 Å². The molecule has 1 rings (SSSR count). The highest BCUT2D eigenvalue weighted by Crippen LogP contribution is 2.30. The van der Waals surface area contributed by atoms with Gasteiger partial charge in [0.25, 0.3) is 5.91 Å². The molecule has 78 valence electrons. The van der Waals surface area contributed by atoms with Gasteiger partial charge < -0.3 is 11.1 Å². The fourth-order valence-electron chi connectivity index (χ4n) is 0.856. The second-order valence-corrected chi connectivity index (χ2v) is 5.13. The number of rotatable bonds is 3. The maximum Gasteiger partial charge on any atom is 0.253 e. The van der Waals surface area contributed by atoms with E-state index in [1.807, 2.05) is 6.92 Å². The van der Waals surface area contributed by atoms with E-state index in [4.69, 9.17) is 28.9 Å². The number of halogens is 2. The summed E-state index contributed by atoms with van der Waals surface area (Å²) >= 11 is 12.7. The fourth-order valence-corrected chi connectivity index (χ4v) is 2.31. The number of carbonyl (C=O) groups excluding carboxylic acids is 1. The molecule has 1 aromatic rings. The Morgan fingerprint density at radius 2 is 2.36 bits per heavy atom. The Balaban J connectivity index is 2.74. The van der Waals surface area contributed by atoms with Crippen LogP contribution in [0.1, 0.15) is 17.3 Å². The van der Waals surface area contributed by atoms with Crippen LogP contribution in [0.25, 0.3) is 0 Å². The standard InChI is InChI=1S/C8H10Cl2N2OS/c1-4(3-11)12-8(13)5-2-6(9)14-7(5)10/h2,4H,3,11H2,1H3,(H,12,13). The first-order valence-electron chi connectivity index (χ1n) is 4.00. The van der Waals surface area contributed by atoms with Crippen LogP contribution < -0.4 is 11.1 Å². The van der Waals surface area contributed by atoms with Gasteiger partial charge in [0, 0.05) is 12.6 Å². The van der Waals surface area contributed by atoms with Crippen molar-refractivity contribution in [1.29, 1.82) is 0 Å². The average Bonchev–Trinajstić information content (AvgIpc) is 2.45. The summed E-state index contributed by atoms with van der Waals surface area (Å²) in [6, 6.07) is 1.48. The molecule has 0 aromatic carbocycles. The molecule has 1 atom stereocenters. The predicted octanol–water partition coefficient (Wildman–Crippen LogP) is 2.13. The van der Waals surface area contributed by atoms with Crippen molar-refractivity contribution in [2.75, 3.05) is 6.54 Å². The zero-order valence-electron chi connectivity index (χ0n) is 7.51. The third-order valence-electron chi connectivity index (χ3n) is 1.63. The Hall–Kier alpha value is -0.290. The second kappa shape index (κ2) is 4.98. The lowest BCUT2D eigenvalue weighted by Gasteiger charge is -2.10. The van der Waals surface area contributed by atoms with Gasteiger partial charge in [0.15, 0.2) is 0 Å². The number of nitrogens with two attached hydrogens (primary N) is 1. The number of amides is 1. The minimum Gasteiger partial charge on any atom is -0.348 e. The van der Waals surface area contributed by atoms with E-state index >= 15 is 0 Å². The molecule has 0 fully saturated rings. The average molecular weight is 253 g/mol. The zero-order valence-corrected chi connectivity index (χ0v) is 9.84. The first kappa shape index (κ1) is 11.8. The summed E-state index contributed by atoms with van der Waals surface area (Å²) in [4.78, 5) is 11.5. The SMILES string of the molecule is CC(CN)NC(=O)c1cc(Cl)sc1Cl. The zero-order chi connectivity index (χ0) is 10.7. The number of carbonyl (C=O) groups is 1. The first-order chi connectivity index (χ1) is 6.54. The third-order valence-corrected chi connectivity index (χ3v) is 3.12. The van der Waals surface area contributed by atoms with Crippen LogP contribution in [0.15, 0.2) is 6.07 Å². The van der Waals surface area contributed by atoms with Gasteiger partial charge >= 0.3 is 0 Å². The van der Waals surface area contributed by atoms with Gasteiger partial charge in [0.2, 0.25) is 0 Å². The minimum absolute atomic E-state index is 0.0720. The van der Waals surface area contributed by atoms with Crippen molar-refractivity contribution in [1.82, 2.24) is 5.32 Å². The van der Waals surface area contributed by atoms with Gasteiger partial charge in [-0.25, -0.2) is 0 Å². The lowest BCUT2D eigenvalue weighted by Crippen LogP contribution is -2.37. The van der Waals surface area contributed by atoms with Crippen molar-refractivity contribution in [2.24, 2.45) is 5.73 Å². The van der Waals surface area contributed by atoms with E-state index in [9.17, 15) is 4.79 Å². The van der Waals surface area contributed by atoms with Gasteiger partial charge in [-0.05, 0) is 13.0 Å². The topological polar surface area (TPSA) is 55.1 Å². The summed E-state index contributed by atoms with van der Waals surface area (Å²) in [5.74, 6) is -0.240. The van der Waals surface area contributed by atoms with E-state index in [0.717, 1.165) is 0 Å². The summed E-state index contributed by atoms with van der Waals surface area (Å²) in [6.45, 7) is 2.21. The molecule has 0 aliphatic carbocycles. The van der Waals surface area contributed by atoms with E-state index in [1.54, 1.807) is 6.07 Å². The molecular weight excluding hydrogens is 243 g/mol.